The van der Waals surface area contributed by atoms with Crippen LogP contribution in [0.15, 0.2) is 12.1 Å². The molecule has 0 unspecified atom stereocenters. The number of carboxylic acids is 1. The molecule has 24 heavy (non-hydrogen) atoms. The maximum Gasteiger partial charge on any atom is 0.323 e. The number of pyridine rings is 1. The first kappa shape index (κ1) is 18.5. The summed E-state index contributed by atoms with van der Waals surface area (Å²) in [5, 5.41) is 12.2. The lowest BCUT2D eigenvalue weighted by Gasteiger charge is -2.19. The Morgan fingerprint density at radius 2 is 2.25 bits per heavy atom. The van der Waals surface area contributed by atoms with E-state index >= 15 is 0 Å². The number of hydrogen-bond donors (Lipinski definition) is 2. The molecular formula is C17H24ClN3O3. The van der Waals surface area contributed by atoms with Crippen LogP contribution in [0.25, 0.3) is 0 Å². The molecule has 1 fully saturated rings. The van der Waals surface area contributed by atoms with E-state index in [1.54, 1.807) is 0 Å². The maximum absolute atomic E-state index is 12.3. The summed E-state index contributed by atoms with van der Waals surface area (Å²) in [5.41, 5.74) is 2.26. The van der Waals surface area contributed by atoms with Crippen molar-refractivity contribution in [2.45, 2.75) is 45.1 Å². The van der Waals surface area contributed by atoms with E-state index in [4.69, 9.17) is 5.11 Å². The molecule has 132 valence electrons. The first-order valence-electron chi connectivity index (χ1n) is 8.29. The second-order valence-electron chi connectivity index (χ2n) is 6.52. The summed E-state index contributed by atoms with van der Waals surface area (Å²) in [6.45, 7) is 2.69. The van der Waals surface area contributed by atoms with E-state index in [9.17, 15) is 9.59 Å². The number of likely N-dealkylation sites (tertiary alicyclic amines) is 1. The van der Waals surface area contributed by atoms with Gasteiger partial charge in [-0.15, -0.1) is 12.4 Å². The van der Waals surface area contributed by atoms with Crippen molar-refractivity contribution in [2.24, 2.45) is 5.92 Å². The quantitative estimate of drug-likeness (QED) is 0.847. The fourth-order valence-corrected chi connectivity index (χ4v) is 3.54. The van der Waals surface area contributed by atoms with Crippen LogP contribution < -0.4 is 5.32 Å². The third-order valence-electron chi connectivity index (χ3n) is 4.80. The molecule has 0 radical (unpaired) electrons. The van der Waals surface area contributed by atoms with Crippen LogP contribution in [-0.2, 0) is 22.4 Å². The molecule has 1 amide bonds. The lowest BCUT2D eigenvalue weighted by molar-refractivity contribution is -0.144. The minimum atomic E-state index is -0.951. The molecule has 6 nitrogen and oxygen atoms in total. The minimum Gasteiger partial charge on any atom is -0.480 e. The fraction of sp³-hybridized carbons (Fsp3) is 0.588. The Morgan fingerprint density at radius 1 is 1.46 bits per heavy atom. The molecule has 0 spiro atoms. The van der Waals surface area contributed by atoms with Crippen molar-refractivity contribution in [3.63, 3.8) is 0 Å². The van der Waals surface area contributed by atoms with Crippen LogP contribution >= 0.6 is 12.4 Å². The van der Waals surface area contributed by atoms with Crippen LogP contribution in [0.2, 0.25) is 0 Å². The predicted molar refractivity (Wildman–Crippen MR) is 93.5 cm³/mol. The van der Waals surface area contributed by atoms with Crippen LogP contribution in [0.5, 0.6) is 0 Å². The van der Waals surface area contributed by atoms with Gasteiger partial charge in [-0.2, -0.15) is 0 Å². The fourth-order valence-electron chi connectivity index (χ4n) is 3.54. The van der Waals surface area contributed by atoms with Gasteiger partial charge in [0, 0.05) is 24.2 Å². The number of nitrogens with zero attached hydrogens (tertiary/aromatic N) is 2. The number of aliphatic carboxylic acids is 1. The Morgan fingerprint density at radius 3 is 3.00 bits per heavy atom. The summed E-state index contributed by atoms with van der Waals surface area (Å²) >= 11 is 0. The van der Waals surface area contributed by atoms with Crippen molar-refractivity contribution in [1.29, 1.82) is 0 Å². The summed E-state index contributed by atoms with van der Waals surface area (Å²) in [6, 6.07) is 4.17. The molecule has 2 aliphatic heterocycles. The molecule has 7 heteroatoms. The SMILES string of the molecule is C[C@@H]1C[C@H](CCc2ccc3c(n2)NCCC3)C(=O)N1CC(=O)O.Cl. The number of carbonyl (C=O) groups excluding carboxylic acids is 1. The van der Waals surface area contributed by atoms with E-state index in [-0.39, 0.29) is 36.8 Å². The molecule has 1 aromatic heterocycles. The van der Waals surface area contributed by atoms with Gasteiger partial charge in [0.05, 0.1) is 0 Å². The summed E-state index contributed by atoms with van der Waals surface area (Å²) in [6.07, 6.45) is 4.42. The van der Waals surface area contributed by atoms with E-state index in [0.717, 1.165) is 50.2 Å². The van der Waals surface area contributed by atoms with Gasteiger partial charge in [-0.05, 0) is 50.7 Å². The zero-order chi connectivity index (χ0) is 16.4. The smallest absolute Gasteiger partial charge is 0.323 e. The van der Waals surface area contributed by atoms with Gasteiger partial charge in [0.15, 0.2) is 0 Å². The van der Waals surface area contributed by atoms with Crippen LogP contribution in [0.3, 0.4) is 0 Å². The van der Waals surface area contributed by atoms with E-state index in [0.29, 0.717) is 0 Å². The molecule has 3 heterocycles. The van der Waals surface area contributed by atoms with E-state index in [1.165, 1.54) is 10.5 Å². The Kier molecular flexibility index (Phi) is 6.04. The molecule has 0 saturated carbocycles. The third kappa shape index (κ3) is 3.98. The van der Waals surface area contributed by atoms with Crippen molar-refractivity contribution < 1.29 is 14.7 Å². The van der Waals surface area contributed by atoms with Gasteiger partial charge < -0.3 is 15.3 Å². The van der Waals surface area contributed by atoms with Gasteiger partial charge in [0.2, 0.25) is 5.91 Å². The highest BCUT2D eigenvalue weighted by Gasteiger charge is 2.37. The highest BCUT2D eigenvalue weighted by atomic mass is 35.5. The first-order chi connectivity index (χ1) is 11.0. The van der Waals surface area contributed by atoms with Gasteiger partial charge in [0.1, 0.15) is 12.4 Å². The number of fused-ring (bicyclic) bond motifs is 1. The number of carbonyl (C=O) groups is 2. The van der Waals surface area contributed by atoms with Crippen LogP contribution in [0.4, 0.5) is 5.82 Å². The van der Waals surface area contributed by atoms with Crippen LogP contribution in [0, 0.1) is 5.92 Å². The van der Waals surface area contributed by atoms with Crippen molar-refractivity contribution in [3.8, 4) is 0 Å². The maximum atomic E-state index is 12.3. The third-order valence-corrected chi connectivity index (χ3v) is 4.80. The summed E-state index contributed by atoms with van der Waals surface area (Å²) < 4.78 is 0. The average Bonchev–Trinajstić information content (AvgIpc) is 2.80. The molecular weight excluding hydrogens is 330 g/mol. The first-order valence-corrected chi connectivity index (χ1v) is 8.29. The lowest BCUT2D eigenvalue weighted by Crippen LogP contribution is -2.36. The van der Waals surface area contributed by atoms with Gasteiger partial charge in [-0.3, -0.25) is 9.59 Å². The molecule has 0 bridgehead atoms. The Labute approximate surface area is 148 Å². The highest BCUT2D eigenvalue weighted by molar-refractivity contribution is 5.85. The molecule has 1 saturated heterocycles. The molecule has 2 aliphatic rings. The van der Waals surface area contributed by atoms with Gasteiger partial charge in [-0.25, -0.2) is 4.98 Å². The van der Waals surface area contributed by atoms with Gasteiger partial charge in [0.25, 0.3) is 0 Å². The number of carboxylic acid groups (broad SMARTS) is 1. The van der Waals surface area contributed by atoms with Crippen molar-refractivity contribution in [1.82, 2.24) is 9.88 Å². The van der Waals surface area contributed by atoms with E-state index < -0.39 is 5.97 Å². The predicted octanol–water partition coefficient (Wildman–Crippen LogP) is 2.12. The molecule has 0 aromatic carbocycles. The lowest BCUT2D eigenvalue weighted by atomic mass is 9.98. The van der Waals surface area contributed by atoms with Gasteiger partial charge >= 0.3 is 5.97 Å². The van der Waals surface area contributed by atoms with E-state index in [2.05, 4.69) is 16.4 Å². The number of aromatic nitrogens is 1. The van der Waals surface area contributed by atoms with Crippen molar-refractivity contribution in [2.75, 3.05) is 18.4 Å². The second kappa shape index (κ2) is 7.83. The molecule has 2 N–H and O–H groups in total. The van der Waals surface area contributed by atoms with E-state index in [1.807, 2.05) is 13.0 Å². The average molecular weight is 354 g/mol. The Hall–Kier alpha value is -1.82. The van der Waals surface area contributed by atoms with Crippen LogP contribution in [-0.4, -0.2) is 46.0 Å². The monoisotopic (exact) mass is 353 g/mol. The zero-order valence-corrected chi connectivity index (χ0v) is 14.6. The summed E-state index contributed by atoms with van der Waals surface area (Å²) in [7, 11) is 0. The van der Waals surface area contributed by atoms with Crippen molar-refractivity contribution >= 4 is 30.1 Å². The molecule has 0 aliphatic carbocycles. The molecule has 1 aromatic rings. The zero-order valence-electron chi connectivity index (χ0n) is 13.8. The minimum absolute atomic E-state index is 0. The number of rotatable bonds is 5. The number of hydrogen-bond acceptors (Lipinski definition) is 4. The standard InChI is InChI=1S/C17H23N3O3.ClH/c1-11-9-13(17(23)20(11)10-15(21)22)5-7-14-6-4-12-3-2-8-18-16(12)19-14;/h4,6,11,13H,2-3,5,7-10H2,1H3,(H,18,19)(H,21,22);1H/t11-,13+;/m1./s1. The molecule has 2 atom stereocenters. The highest BCUT2D eigenvalue weighted by Crippen LogP contribution is 2.28. The number of aryl methyl sites for hydroxylation is 2. The topological polar surface area (TPSA) is 82.5 Å². The van der Waals surface area contributed by atoms with Crippen molar-refractivity contribution in [3.05, 3.63) is 23.4 Å². The van der Waals surface area contributed by atoms with Gasteiger partial charge in [-0.1, -0.05) is 6.07 Å². The normalized spacial score (nSPS) is 22.5. The second-order valence-corrected chi connectivity index (χ2v) is 6.52. The Balaban J connectivity index is 0.00000208. The van der Waals surface area contributed by atoms with Crippen LogP contribution in [0.1, 0.15) is 37.4 Å². The number of amides is 1. The number of anilines is 1. The molecule has 3 rings (SSSR count). The Bertz CT molecular complexity index is 623. The number of halogens is 1. The summed E-state index contributed by atoms with van der Waals surface area (Å²) in [5.74, 6) is -0.0909. The number of nitrogens with one attached hydrogen (secondary N) is 1. The largest absolute Gasteiger partial charge is 0.480 e. The summed E-state index contributed by atoms with van der Waals surface area (Å²) in [4.78, 5) is 29.3.